The Morgan fingerprint density at radius 3 is 2.65 bits per heavy atom. The van der Waals surface area contributed by atoms with Crippen molar-refractivity contribution in [2.45, 2.75) is 6.61 Å². The lowest BCUT2D eigenvalue weighted by molar-refractivity contribution is 0.0953. The highest BCUT2D eigenvalue weighted by molar-refractivity contribution is 14.1. The van der Waals surface area contributed by atoms with Gasteiger partial charge in [-0.1, -0.05) is 29.3 Å². The Hall–Kier alpha value is -1.22. The van der Waals surface area contributed by atoms with Gasteiger partial charge in [0.2, 0.25) is 0 Å². The summed E-state index contributed by atoms with van der Waals surface area (Å²) in [6, 6.07) is 8.40. The maximum absolute atomic E-state index is 11.6. The number of hydrogen-bond acceptors (Lipinski definition) is 4. The molecule has 0 saturated heterocycles. The second-order valence-corrected chi connectivity index (χ2v) is 6.49. The molecule has 23 heavy (non-hydrogen) atoms. The number of hydrazine groups is 1. The molecule has 0 spiro atoms. The van der Waals surface area contributed by atoms with E-state index in [9.17, 15) is 4.79 Å². The molecule has 1 amide bonds. The summed E-state index contributed by atoms with van der Waals surface area (Å²) < 4.78 is 11.8. The van der Waals surface area contributed by atoms with Crippen LogP contribution in [0.15, 0.2) is 30.3 Å². The molecule has 0 radical (unpaired) electrons. The predicted molar refractivity (Wildman–Crippen MR) is 98.2 cm³/mol. The number of ether oxygens (including phenoxy) is 2. The minimum Gasteiger partial charge on any atom is -0.493 e. The van der Waals surface area contributed by atoms with E-state index in [-0.39, 0.29) is 6.61 Å². The van der Waals surface area contributed by atoms with Crippen LogP contribution in [-0.2, 0) is 6.61 Å². The van der Waals surface area contributed by atoms with Crippen molar-refractivity contribution in [1.82, 2.24) is 5.43 Å². The molecule has 0 saturated carbocycles. The molecule has 0 aliphatic carbocycles. The number of nitrogen functional groups attached to an aromatic ring is 1. The number of nitrogens with two attached hydrogens (primary N) is 1. The van der Waals surface area contributed by atoms with Gasteiger partial charge in [0.25, 0.3) is 5.91 Å². The van der Waals surface area contributed by atoms with E-state index >= 15 is 0 Å². The normalized spacial score (nSPS) is 10.3. The molecule has 0 aliphatic rings. The zero-order valence-corrected chi connectivity index (χ0v) is 15.7. The molecule has 8 heteroatoms. The highest BCUT2D eigenvalue weighted by atomic mass is 127. The van der Waals surface area contributed by atoms with Crippen molar-refractivity contribution in [2.75, 3.05) is 7.11 Å². The van der Waals surface area contributed by atoms with Crippen LogP contribution in [0.4, 0.5) is 0 Å². The average molecular weight is 467 g/mol. The molecule has 0 unspecified atom stereocenters. The van der Waals surface area contributed by atoms with Gasteiger partial charge in [-0.05, 0) is 46.9 Å². The van der Waals surface area contributed by atoms with Gasteiger partial charge in [-0.3, -0.25) is 10.2 Å². The number of halogens is 3. The van der Waals surface area contributed by atoms with Crippen molar-refractivity contribution in [2.24, 2.45) is 5.84 Å². The van der Waals surface area contributed by atoms with Crippen LogP contribution >= 0.6 is 45.8 Å². The number of benzene rings is 2. The summed E-state index contributed by atoms with van der Waals surface area (Å²) in [5.41, 5.74) is 3.25. The SMILES string of the molecule is COc1cc(C(=O)NN)cc(I)c1OCc1ccc(Cl)cc1Cl. The van der Waals surface area contributed by atoms with Crippen LogP contribution in [0.25, 0.3) is 0 Å². The van der Waals surface area contributed by atoms with Crippen molar-refractivity contribution in [1.29, 1.82) is 0 Å². The maximum atomic E-state index is 11.6. The number of nitrogens with one attached hydrogen (secondary N) is 1. The quantitative estimate of drug-likeness (QED) is 0.304. The molecule has 2 aromatic carbocycles. The lowest BCUT2D eigenvalue weighted by atomic mass is 10.2. The summed E-state index contributed by atoms with van der Waals surface area (Å²) in [4.78, 5) is 11.6. The molecule has 5 nitrogen and oxygen atoms in total. The van der Waals surface area contributed by atoms with Crippen LogP contribution in [0, 0.1) is 3.57 Å². The van der Waals surface area contributed by atoms with E-state index in [1.54, 1.807) is 30.3 Å². The summed E-state index contributed by atoms with van der Waals surface area (Å²) in [5, 5.41) is 1.08. The number of hydrogen-bond donors (Lipinski definition) is 2. The zero-order valence-electron chi connectivity index (χ0n) is 12.0. The summed E-state index contributed by atoms with van der Waals surface area (Å²) in [5.74, 6) is 5.69. The second kappa shape index (κ2) is 8.05. The lowest BCUT2D eigenvalue weighted by Gasteiger charge is -2.14. The largest absolute Gasteiger partial charge is 0.493 e. The third-order valence-electron chi connectivity index (χ3n) is 3.01. The zero-order chi connectivity index (χ0) is 17.0. The Morgan fingerprint density at radius 2 is 2.04 bits per heavy atom. The summed E-state index contributed by atoms with van der Waals surface area (Å²) in [6.07, 6.45) is 0. The Bertz CT molecular complexity index is 741. The van der Waals surface area contributed by atoms with Crippen LogP contribution in [0.1, 0.15) is 15.9 Å². The highest BCUT2D eigenvalue weighted by Crippen LogP contribution is 2.35. The van der Waals surface area contributed by atoms with Gasteiger partial charge in [-0.2, -0.15) is 0 Å². The first-order valence-corrected chi connectivity index (χ1v) is 8.25. The highest BCUT2D eigenvalue weighted by Gasteiger charge is 2.15. The fraction of sp³-hybridized carbons (Fsp3) is 0.133. The van der Waals surface area contributed by atoms with Gasteiger partial charge in [0, 0.05) is 21.2 Å². The van der Waals surface area contributed by atoms with E-state index in [0.717, 1.165) is 5.56 Å². The van der Waals surface area contributed by atoms with Crippen molar-refractivity contribution in [3.63, 3.8) is 0 Å². The first-order chi connectivity index (χ1) is 11.0. The number of rotatable bonds is 5. The fourth-order valence-corrected chi connectivity index (χ4v) is 3.08. The maximum Gasteiger partial charge on any atom is 0.265 e. The molecule has 0 fully saturated rings. The summed E-state index contributed by atoms with van der Waals surface area (Å²) in [7, 11) is 1.50. The van der Waals surface area contributed by atoms with Crippen LogP contribution in [0.2, 0.25) is 10.0 Å². The minimum atomic E-state index is -0.409. The molecule has 0 bridgehead atoms. The number of carbonyl (C=O) groups excluding carboxylic acids is 1. The fourth-order valence-electron chi connectivity index (χ4n) is 1.86. The van der Waals surface area contributed by atoms with E-state index in [4.69, 9.17) is 38.5 Å². The third-order valence-corrected chi connectivity index (χ3v) is 4.40. The van der Waals surface area contributed by atoms with E-state index in [0.29, 0.717) is 30.7 Å². The Morgan fingerprint density at radius 1 is 1.30 bits per heavy atom. The molecule has 0 aliphatic heterocycles. The molecule has 2 aromatic rings. The monoisotopic (exact) mass is 466 g/mol. The Labute approximate surface area is 157 Å². The van der Waals surface area contributed by atoms with Crippen LogP contribution in [0.3, 0.4) is 0 Å². The average Bonchev–Trinajstić information content (AvgIpc) is 2.53. The number of carbonyl (C=O) groups is 1. The molecular weight excluding hydrogens is 454 g/mol. The molecule has 122 valence electrons. The van der Waals surface area contributed by atoms with Gasteiger partial charge < -0.3 is 9.47 Å². The third kappa shape index (κ3) is 4.41. The molecule has 0 heterocycles. The predicted octanol–water partition coefficient (Wildman–Crippen LogP) is 3.79. The Kier molecular flexibility index (Phi) is 6.34. The van der Waals surface area contributed by atoms with Gasteiger partial charge in [-0.15, -0.1) is 0 Å². The molecule has 2 rings (SSSR count). The number of methoxy groups -OCH3 is 1. The van der Waals surface area contributed by atoms with E-state index < -0.39 is 5.91 Å². The second-order valence-electron chi connectivity index (χ2n) is 4.49. The smallest absolute Gasteiger partial charge is 0.265 e. The van der Waals surface area contributed by atoms with Gasteiger partial charge >= 0.3 is 0 Å². The molecule has 0 aromatic heterocycles. The van der Waals surface area contributed by atoms with Gasteiger partial charge in [0.1, 0.15) is 6.61 Å². The van der Waals surface area contributed by atoms with Crippen LogP contribution in [0.5, 0.6) is 11.5 Å². The van der Waals surface area contributed by atoms with Gasteiger partial charge in [0.15, 0.2) is 11.5 Å². The van der Waals surface area contributed by atoms with Crippen molar-refractivity contribution in [3.8, 4) is 11.5 Å². The number of amides is 1. The first-order valence-electron chi connectivity index (χ1n) is 6.41. The van der Waals surface area contributed by atoms with E-state index in [2.05, 4.69) is 28.0 Å². The molecule has 0 atom stereocenters. The lowest BCUT2D eigenvalue weighted by Crippen LogP contribution is -2.30. The topological polar surface area (TPSA) is 73.6 Å². The van der Waals surface area contributed by atoms with Crippen molar-refractivity contribution in [3.05, 3.63) is 55.1 Å². The van der Waals surface area contributed by atoms with E-state index in [1.807, 2.05) is 0 Å². The summed E-state index contributed by atoms with van der Waals surface area (Å²) in [6.45, 7) is 0.241. The van der Waals surface area contributed by atoms with Crippen molar-refractivity contribution < 1.29 is 14.3 Å². The molecular formula is C15H13Cl2IN2O3. The van der Waals surface area contributed by atoms with Crippen molar-refractivity contribution >= 4 is 51.7 Å². The molecule has 3 N–H and O–H groups in total. The van der Waals surface area contributed by atoms with Gasteiger partial charge in [0.05, 0.1) is 10.7 Å². The Balaban J connectivity index is 2.27. The van der Waals surface area contributed by atoms with Crippen LogP contribution < -0.4 is 20.7 Å². The standard InChI is InChI=1S/C15H13Cl2IN2O3/c1-22-13-5-9(15(21)20-19)4-12(18)14(13)23-7-8-2-3-10(16)6-11(8)17/h2-6H,7,19H2,1H3,(H,20,21). The summed E-state index contributed by atoms with van der Waals surface area (Å²) >= 11 is 14.1. The van der Waals surface area contributed by atoms with Crippen LogP contribution in [-0.4, -0.2) is 13.0 Å². The van der Waals surface area contributed by atoms with Gasteiger partial charge in [-0.25, -0.2) is 5.84 Å². The minimum absolute atomic E-state index is 0.241. The first kappa shape index (κ1) is 18.1. The van der Waals surface area contributed by atoms with E-state index in [1.165, 1.54) is 7.11 Å².